The minimum absolute atomic E-state index is 0.555. The first kappa shape index (κ1) is 14.3. The average molecular weight is 253 g/mol. The van der Waals surface area contributed by atoms with Crippen LogP contribution in [0.15, 0.2) is 11.4 Å². The molecule has 0 aliphatic carbocycles. The Bertz CT molecular complexity index is 339. The first-order chi connectivity index (χ1) is 8.19. The van der Waals surface area contributed by atoms with Gasteiger partial charge in [-0.2, -0.15) is 0 Å². The molecule has 0 atom stereocenters. The van der Waals surface area contributed by atoms with Crippen molar-refractivity contribution < 1.29 is 0 Å². The Morgan fingerprint density at radius 1 is 1.24 bits per heavy atom. The fourth-order valence-electron chi connectivity index (χ4n) is 1.59. The van der Waals surface area contributed by atoms with Crippen molar-refractivity contribution in [2.24, 2.45) is 0 Å². The number of thioether (sulfide) groups is 1. The predicted molar refractivity (Wildman–Crippen MR) is 75.8 cm³/mol. The summed E-state index contributed by atoms with van der Waals surface area (Å²) >= 11 is 1.82. The van der Waals surface area contributed by atoms with Crippen LogP contribution < -0.4 is 5.32 Å². The predicted octanol–water partition coefficient (Wildman–Crippen LogP) is 3.75. The van der Waals surface area contributed by atoms with Gasteiger partial charge < -0.3 is 5.32 Å². The second-order valence-electron chi connectivity index (χ2n) is 4.35. The number of hydrogen-bond donors (Lipinski definition) is 1. The van der Waals surface area contributed by atoms with Crippen LogP contribution in [0.1, 0.15) is 46.1 Å². The summed E-state index contributed by atoms with van der Waals surface area (Å²) in [7, 11) is 0. The molecule has 1 N–H and O–H groups in total. The molecule has 1 heterocycles. The third-order valence-electron chi connectivity index (χ3n) is 2.30. The van der Waals surface area contributed by atoms with E-state index >= 15 is 0 Å². The average Bonchev–Trinajstić information content (AvgIpc) is 2.29. The third-order valence-corrected chi connectivity index (χ3v) is 3.34. The summed E-state index contributed by atoms with van der Waals surface area (Å²) in [5.41, 5.74) is 1.28. The molecular weight excluding hydrogens is 230 g/mol. The van der Waals surface area contributed by atoms with Crippen LogP contribution in [0.2, 0.25) is 0 Å². The molecule has 17 heavy (non-hydrogen) atoms. The largest absolute Gasteiger partial charge is 0.370 e. The maximum Gasteiger partial charge on any atom is 0.133 e. The van der Waals surface area contributed by atoms with Crippen molar-refractivity contribution in [2.75, 3.05) is 11.9 Å². The van der Waals surface area contributed by atoms with Crippen molar-refractivity contribution in [3.8, 4) is 0 Å². The van der Waals surface area contributed by atoms with Gasteiger partial charge in [0.05, 0.1) is 0 Å². The van der Waals surface area contributed by atoms with Crippen molar-refractivity contribution in [2.45, 2.75) is 57.2 Å². The lowest BCUT2D eigenvalue weighted by Crippen LogP contribution is -2.08. The van der Waals surface area contributed by atoms with Gasteiger partial charge in [0.25, 0.3) is 0 Å². The van der Waals surface area contributed by atoms with Crippen LogP contribution in [0.5, 0.6) is 0 Å². The molecule has 1 rings (SSSR count). The van der Waals surface area contributed by atoms with E-state index in [9.17, 15) is 0 Å². The Morgan fingerprint density at radius 3 is 2.59 bits per heavy atom. The van der Waals surface area contributed by atoms with E-state index in [1.54, 1.807) is 6.33 Å². The molecule has 0 aliphatic rings. The van der Waals surface area contributed by atoms with Crippen LogP contribution >= 0.6 is 11.8 Å². The van der Waals surface area contributed by atoms with Crippen LogP contribution in [0.4, 0.5) is 5.82 Å². The molecule has 3 nitrogen and oxygen atoms in total. The highest BCUT2D eigenvalue weighted by atomic mass is 32.2. The van der Waals surface area contributed by atoms with Crippen molar-refractivity contribution in [1.29, 1.82) is 0 Å². The summed E-state index contributed by atoms with van der Waals surface area (Å²) in [5.74, 6) is 1.02. The molecule has 0 amide bonds. The van der Waals surface area contributed by atoms with Gasteiger partial charge >= 0.3 is 0 Å². The summed E-state index contributed by atoms with van der Waals surface area (Å²) in [5, 5.41) is 5.09. The first-order valence-corrected chi connectivity index (χ1v) is 7.31. The lowest BCUT2D eigenvalue weighted by Gasteiger charge is -2.14. The van der Waals surface area contributed by atoms with E-state index in [1.807, 2.05) is 11.8 Å². The maximum atomic E-state index is 4.42. The molecule has 0 aliphatic heterocycles. The van der Waals surface area contributed by atoms with E-state index in [0.29, 0.717) is 5.25 Å². The Balaban J connectivity index is 2.94. The van der Waals surface area contributed by atoms with Crippen LogP contribution in [-0.4, -0.2) is 21.8 Å². The van der Waals surface area contributed by atoms with Gasteiger partial charge in [-0.25, -0.2) is 9.97 Å². The third kappa shape index (κ3) is 4.54. The van der Waals surface area contributed by atoms with Crippen LogP contribution in [0, 0.1) is 0 Å². The zero-order chi connectivity index (χ0) is 12.7. The summed E-state index contributed by atoms with van der Waals surface area (Å²) < 4.78 is 0. The topological polar surface area (TPSA) is 37.8 Å². The molecule has 0 aromatic carbocycles. The molecule has 0 fully saturated rings. The van der Waals surface area contributed by atoms with Crippen LogP contribution in [-0.2, 0) is 6.42 Å². The Kier molecular flexibility index (Phi) is 6.34. The molecule has 0 bridgehead atoms. The highest BCUT2D eigenvalue weighted by Crippen LogP contribution is 2.28. The lowest BCUT2D eigenvalue weighted by molar-refractivity contribution is 0.847. The minimum atomic E-state index is 0.555. The Morgan fingerprint density at radius 2 is 2.00 bits per heavy atom. The van der Waals surface area contributed by atoms with Gasteiger partial charge in [0, 0.05) is 17.4 Å². The zero-order valence-corrected chi connectivity index (χ0v) is 12.1. The van der Waals surface area contributed by atoms with E-state index in [2.05, 4.69) is 43.0 Å². The Hall–Kier alpha value is -0.770. The molecule has 0 spiro atoms. The van der Waals surface area contributed by atoms with Gasteiger partial charge in [-0.1, -0.05) is 34.1 Å². The number of nitrogens with one attached hydrogen (secondary N) is 1. The highest BCUT2D eigenvalue weighted by Gasteiger charge is 2.12. The Labute approximate surface area is 109 Å². The van der Waals surface area contributed by atoms with E-state index < -0.39 is 0 Å². The van der Waals surface area contributed by atoms with E-state index in [1.165, 1.54) is 5.56 Å². The first-order valence-electron chi connectivity index (χ1n) is 6.43. The van der Waals surface area contributed by atoms with Gasteiger partial charge in [0.1, 0.15) is 17.2 Å². The molecule has 96 valence electrons. The molecule has 4 heteroatoms. The molecule has 0 saturated heterocycles. The lowest BCUT2D eigenvalue weighted by atomic mass is 10.2. The van der Waals surface area contributed by atoms with Crippen LogP contribution in [0.25, 0.3) is 0 Å². The summed E-state index contributed by atoms with van der Waals surface area (Å²) in [4.78, 5) is 8.79. The molecule has 0 saturated carbocycles. The minimum Gasteiger partial charge on any atom is -0.370 e. The molecule has 0 unspecified atom stereocenters. The smallest absolute Gasteiger partial charge is 0.133 e. The second kappa shape index (κ2) is 7.54. The molecular formula is C13H23N3S. The van der Waals surface area contributed by atoms with Gasteiger partial charge in [0.15, 0.2) is 0 Å². The fourth-order valence-corrected chi connectivity index (χ4v) is 2.49. The number of rotatable bonds is 7. The van der Waals surface area contributed by atoms with E-state index in [4.69, 9.17) is 0 Å². The normalized spacial score (nSPS) is 10.9. The quantitative estimate of drug-likeness (QED) is 0.593. The van der Waals surface area contributed by atoms with Crippen molar-refractivity contribution in [3.63, 3.8) is 0 Å². The fraction of sp³-hybridized carbons (Fsp3) is 0.692. The van der Waals surface area contributed by atoms with Gasteiger partial charge in [-0.05, 0) is 12.8 Å². The number of anilines is 1. The summed E-state index contributed by atoms with van der Waals surface area (Å²) in [6.07, 6.45) is 4.95. The SMILES string of the molecule is CCCNc1ncnc(SC(C)C)c1CCC. The second-order valence-corrected chi connectivity index (χ2v) is 5.91. The maximum absolute atomic E-state index is 4.42. The van der Waals surface area contributed by atoms with Crippen LogP contribution in [0.3, 0.4) is 0 Å². The van der Waals surface area contributed by atoms with Gasteiger partial charge in [-0.15, -0.1) is 11.8 Å². The number of hydrogen-bond acceptors (Lipinski definition) is 4. The van der Waals surface area contributed by atoms with Gasteiger partial charge in [-0.3, -0.25) is 0 Å². The zero-order valence-electron chi connectivity index (χ0n) is 11.3. The number of nitrogens with zero attached hydrogens (tertiary/aromatic N) is 2. The van der Waals surface area contributed by atoms with Crippen molar-refractivity contribution in [1.82, 2.24) is 9.97 Å². The highest BCUT2D eigenvalue weighted by molar-refractivity contribution is 7.99. The molecule has 0 radical (unpaired) electrons. The van der Waals surface area contributed by atoms with E-state index in [0.717, 1.165) is 36.7 Å². The van der Waals surface area contributed by atoms with Gasteiger partial charge in [0.2, 0.25) is 0 Å². The van der Waals surface area contributed by atoms with Crippen molar-refractivity contribution >= 4 is 17.6 Å². The van der Waals surface area contributed by atoms with E-state index in [-0.39, 0.29) is 0 Å². The number of aromatic nitrogens is 2. The van der Waals surface area contributed by atoms with Crippen molar-refractivity contribution in [3.05, 3.63) is 11.9 Å². The summed E-state index contributed by atoms with van der Waals surface area (Å²) in [6, 6.07) is 0. The molecule has 1 aromatic rings. The summed E-state index contributed by atoms with van der Waals surface area (Å²) in [6.45, 7) is 9.72. The monoisotopic (exact) mass is 253 g/mol. The molecule has 1 aromatic heterocycles. The standard InChI is InChI=1S/C13H23N3S/c1-5-7-11-12(14-8-6-2)15-9-16-13(11)17-10(3)4/h9-10H,5-8H2,1-4H3,(H,14,15,16).